The Balaban J connectivity index is 1.55. The van der Waals surface area contributed by atoms with Gasteiger partial charge in [0.2, 0.25) is 5.88 Å². The first-order valence-electron chi connectivity index (χ1n) is 8.61. The largest absolute Gasteiger partial charge is 0.496 e. The first kappa shape index (κ1) is 17.2. The van der Waals surface area contributed by atoms with Crippen molar-refractivity contribution in [3.63, 3.8) is 0 Å². The Morgan fingerprint density at radius 2 is 2.20 bits per heavy atom. The number of hydrogen-bond donors (Lipinski definition) is 0. The van der Waals surface area contributed by atoms with Crippen LogP contribution < -0.4 is 9.47 Å². The minimum absolute atomic E-state index is 0.469. The van der Waals surface area contributed by atoms with Crippen LogP contribution in [0.5, 0.6) is 11.6 Å². The first-order valence-corrected chi connectivity index (χ1v) is 8.61. The predicted octanol–water partition coefficient (Wildman–Crippen LogP) is 3.25. The summed E-state index contributed by atoms with van der Waals surface area (Å²) in [5.41, 5.74) is 1.79. The molecule has 5 heteroatoms. The number of rotatable bonds is 6. The molecule has 1 aliphatic heterocycles. The molecule has 1 atom stereocenters. The summed E-state index contributed by atoms with van der Waals surface area (Å²) in [6.07, 6.45) is 3.93. The molecular weight excluding hydrogens is 314 g/mol. The van der Waals surface area contributed by atoms with E-state index in [4.69, 9.17) is 14.7 Å². The Labute approximate surface area is 148 Å². The van der Waals surface area contributed by atoms with Crippen molar-refractivity contribution in [2.24, 2.45) is 5.92 Å². The molecule has 130 valence electrons. The summed E-state index contributed by atoms with van der Waals surface area (Å²) < 4.78 is 11.3. The second-order valence-electron chi connectivity index (χ2n) is 6.36. The molecule has 1 saturated heterocycles. The van der Waals surface area contributed by atoms with E-state index in [9.17, 15) is 0 Å². The molecule has 2 aromatic rings. The monoisotopic (exact) mass is 337 g/mol. The zero-order valence-corrected chi connectivity index (χ0v) is 14.5. The maximum atomic E-state index is 8.95. The molecule has 3 rings (SSSR count). The topological polar surface area (TPSA) is 58.4 Å². The maximum absolute atomic E-state index is 8.95. The van der Waals surface area contributed by atoms with E-state index in [0.717, 1.165) is 38.2 Å². The second kappa shape index (κ2) is 8.50. The highest BCUT2D eigenvalue weighted by atomic mass is 16.5. The number of aromatic nitrogens is 1. The standard InChI is InChI=1S/C20H23N3O2/c1-24-19-7-3-2-6-18(19)14-23-10-4-5-17(13-23)15-25-20-11-16(12-21)8-9-22-20/h2-3,6-9,11,17H,4-5,10,13-15H2,1H3. The molecule has 0 radical (unpaired) electrons. The summed E-state index contributed by atoms with van der Waals surface area (Å²) in [7, 11) is 1.72. The van der Waals surface area contributed by atoms with Crippen LogP contribution in [0.15, 0.2) is 42.6 Å². The van der Waals surface area contributed by atoms with Crippen molar-refractivity contribution in [1.82, 2.24) is 9.88 Å². The minimum atomic E-state index is 0.469. The van der Waals surface area contributed by atoms with E-state index in [1.807, 2.05) is 12.1 Å². The molecule has 0 N–H and O–H groups in total. The summed E-state index contributed by atoms with van der Waals surface area (Å²) in [6, 6.07) is 13.7. The van der Waals surface area contributed by atoms with Crippen LogP contribution in [0, 0.1) is 17.2 Å². The van der Waals surface area contributed by atoms with Gasteiger partial charge in [-0.3, -0.25) is 4.90 Å². The van der Waals surface area contributed by atoms with Gasteiger partial charge in [0.25, 0.3) is 0 Å². The summed E-state index contributed by atoms with van der Waals surface area (Å²) >= 11 is 0. The lowest BCUT2D eigenvalue weighted by molar-refractivity contribution is 0.122. The van der Waals surface area contributed by atoms with Crippen LogP contribution in [-0.4, -0.2) is 36.7 Å². The Morgan fingerprint density at radius 1 is 1.32 bits per heavy atom. The number of benzene rings is 1. The second-order valence-corrected chi connectivity index (χ2v) is 6.36. The molecule has 1 unspecified atom stereocenters. The van der Waals surface area contributed by atoms with Crippen molar-refractivity contribution in [3.05, 3.63) is 53.7 Å². The van der Waals surface area contributed by atoms with Gasteiger partial charge in [-0.15, -0.1) is 0 Å². The summed E-state index contributed by atoms with van der Waals surface area (Å²) in [6.45, 7) is 3.61. The molecule has 0 amide bonds. The van der Waals surface area contributed by atoms with Gasteiger partial charge in [-0.25, -0.2) is 4.98 Å². The molecule has 0 saturated carbocycles. The number of pyridine rings is 1. The first-order chi connectivity index (χ1) is 12.3. The van der Waals surface area contributed by atoms with Crippen LogP contribution in [0.2, 0.25) is 0 Å². The summed E-state index contributed by atoms with van der Waals surface area (Å²) in [5, 5.41) is 8.95. The highest BCUT2D eigenvalue weighted by Gasteiger charge is 2.21. The number of piperidine rings is 1. The lowest BCUT2D eigenvalue weighted by Crippen LogP contribution is -2.37. The van der Waals surface area contributed by atoms with E-state index >= 15 is 0 Å². The van der Waals surface area contributed by atoms with Crippen LogP contribution >= 0.6 is 0 Å². The van der Waals surface area contributed by atoms with Crippen LogP contribution in [0.25, 0.3) is 0 Å². The van der Waals surface area contributed by atoms with Gasteiger partial charge < -0.3 is 9.47 Å². The SMILES string of the molecule is COc1ccccc1CN1CCCC(COc2cc(C#N)ccn2)C1. The van der Waals surface area contributed by atoms with Gasteiger partial charge in [0.15, 0.2) is 0 Å². The molecular formula is C20H23N3O2. The molecule has 0 aliphatic carbocycles. The van der Waals surface area contributed by atoms with Crippen LogP contribution in [0.4, 0.5) is 0 Å². The zero-order chi connectivity index (χ0) is 17.5. The van der Waals surface area contributed by atoms with Crippen molar-refractivity contribution in [2.75, 3.05) is 26.8 Å². The third kappa shape index (κ3) is 4.71. The van der Waals surface area contributed by atoms with Gasteiger partial charge in [0, 0.05) is 36.8 Å². The van der Waals surface area contributed by atoms with Crippen molar-refractivity contribution < 1.29 is 9.47 Å². The molecule has 5 nitrogen and oxygen atoms in total. The van der Waals surface area contributed by atoms with E-state index in [0.29, 0.717) is 24.0 Å². The lowest BCUT2D eigenvalue weighted by Gasteiger charge is -2.32. The fourth-order valence-electron chi connectivity index (χ4n) is 3.27. The molecule has 1 fully saturated rings. The number of para-hydroxylation sites is 1. The van der Waals surface area contributed by atoms with E-state index < -0.39 is 0 Å². The smallest absolute Gasteiger partial charge is 0.214 e. The van der Waals surface area contributed by atoms with Crippen LogP contribution in [0.1, 0.15) is 24.0 Å². The van der Waals surface area contributed by atoms with Gasteiger partial charge in [-0.2, -0.15) is 5.26 Å². The highest BCUT2D eigenvalue weighted by molar-refractivity contribution is 5.33. The molecule has 2 heterocycles. The Bertz CT molecular complexity index is 742. The molecule has 0 spiro atoms. The van der Waals surface area contributed by atoms with Crippen LogP contribution in [-0.2, 0) is 6.54 Å². The van der Waals surface area contributed by atoms with Crippen molar-refractivity contribution >= 4 is 0 Å². The molecule has 25 heavy (non-hydrogen) atoms. The zero-order valence-electron chi connectivity index (χ0n) is 14.5. The lowest BCUT2D eigenvalue weighted by atomic mass is 9.98. The Kier molecular flexibility index (Phi) is 5.86. The average molecular weight is 337 g/mol. The molecule has 1 aromatic heterocycles. The summed E-state index contributed by atoms with van der Waals surface area (Å²) in [4.78, 5) is 6.63. The van der Waals surface area contributed by atoms with E-state index in [-0.39, 0.29) is 0 Å². The number of hydrogen-bond acceptors (Lipinski definition) is 5. The normalized spacial score (nSPS) is 17.7. The molecule has 0 bridgehead atoms. The van der Waals surface area contributed by atoms with Crippen molar-refractivity contribution in [3.8, 4) is 17.7 Å². The van der Waals surface area contributed by atoms with E-state index in [1.54, 1.807) is 25.4 Å². The fraction of sp³-hybridized carbons (Fsp3) is 0.400. The van der Waals surface area contributed by atoms with Gasteiger partial charge in [0.1, 0.15) is 5.75 Å². The van der Waals surface area contributed by atoms with Gasteiger partial charge in [0.05, 0.1) is 25.3 Å². The van der Waals surface area contributed by atoms with Gasteiger partial charge >= 0.3 is 0 Å². The Hall–Kier alpha value is -2.58. The minimum Gasteiger partial charge on any atom is -0.496 e. The maximum Gasteiger partial charge on any atom is 0.214 e. The quantitative estimate of drug-likeness (QED) is 0.810. The van der Waals surface area contributed by atoms with Crippen LogP contribution in [0.3, 0.4) is 0 Å². The third-order valence-corrected chi connectivity index (χ3v) is 4.52. The molecule has 1 aromatic carbocycles. The van der Waals surface area contributed by atoms with Gasteiger partial charge in [-0.1, -0.05) is 18.2 Å². The predicted molar refractivity (Wildman–Crippen MR) is 95.4 cm³/mol. The number of nitriles is 1. The number of likely N-dealkylation sites (tertiary alicyclic amines) is 1. The highest BCUT2D eigenvalue weighted by Crippen LogP contribution is 2.24. The average Bonchev–Trinajstić information content (AvgIpc) is 2.67. The van der Waals surface area contributed by atoms with E-state index in [2.05, 4.69) is 28.1 Å². The molecule has 1 aliphatic rings. The Morgan fingerprint density at radius 3 is 3.04 bits per heavy atom. The van der Waals surface area contributed by atoms with E-state index in [1.165, 1.54) is 5.56 Å². The number of nitrogens with zero attached hydrogens (tertiary/aromatic N) is 3. The van der Waals surface area contributed by atoms with Crippen molar-refractivity contribution in [1.29, 1.82) is 5.26 Å². The summed E-state index contributed by atoms with van der Waals surface area (Å²) in [5.74, 6) is 1.94. The number of ether oxygens (including phenoxy) is 2. The van der Waals surface area contributed by atoms with Gasteiger partial charge in [-0.05, 0) is 31.5 Å². The fourth-order valence-corrected chi connectivity index (χ4v) is 3.27. The number of methoxy groups -OCH3 is 1. The third-order valence-electron chi connectivity index (χ3n) is 4.52. The van der Waals surface area contributed by atoms with Crippen molar-refractivity contribution in [2.45, 2.75) is 19.4 Å².